The first kappa shape index (κ1) is 27.9. The molecule has 5 rings (SSSR count). The van der Waals surface area contributed by atoms with Crippen LogP contribution >= 0.6 is 0 Å². The molecule has 39 heavy (non-hydrogen) atoms. The molecule has 0 amide bonds. The Bertz CT molecular complexity index is 1130. The molecule has 3 aromatic rings. The summed E-state index contributed by atoms with van der Waals surface area (Å²) in [6.07, 6.45) is 9.47. The van der Waals surface area contributed by atoms with Gasteiger partial charge in [-0.15, -0.1) is 0 Å². The molecule has 1 heterocycles. The summed E-state index contributed by atoms with van der Waals surface area (Å²) in [5, 5.41) is 26.4. The summed E-state index contributed by atoms with van der Waals surface area (Å²) in [4.78, 5) is 4.64. The summed E-state index contributed by atoms with van der Waals surface area (Å²) in [7, 11) is 0. The molecular formula is C31H43N3O5. The number of benzene rings is 2. The molecule has 4 N–H and O–H groups in total. The molecule has 212 valence electrons. The third kappa shape index (κ3) is 8.42. The zero-order valence-electron chi connectivity index (χ0n) is 22.8. The van der Waals surface area contributed by atoms with Gasteiger partial charge in [-0.25, -0.2) is 4.98 Å². The number of ether oxygens (including phenoxy) is 2. The summed E-state index contributed by atoms with van der Waals surface area (Å²) in [5.74, 6) is 2.20. The zero-order chi connectivity index (χ0) is 26.9. The van der Waals surface area contributed by atoms with Crippen LogP contribution in [0.15, 0.2) is 46.9 Å². The highest BCUT2D eigenvalue weighted by Gasteiger charge is 2.19. The molecule has 0 unspecified atom stereocenters. The maximum atomic E-state index is 9.62. The maximum Gasteiger partial charge on any atom is 0.227 e. The van der Waals surface area contributed by atoms with Crippen molar-refractivity contribution in [3.8, 4) is 23.0 Å². The fourth-order valence-corrected chi connectivity index (χ4v) is 5.51. The molecule has 0 atom stereocenters. The van der Waals surface area contributed by atoms with Crippen LogP contribution in [0.25, 0.3) is 22.6 Å². The van der Waals surface area contributed by atoms with Crippen molar-refractivity contribution in [2.45, 2.75) is 88.5 Å². The molecule has 2 aliphatic carbocycles. The van der Waals surface area contributed by atoms with Gasteiger partial charge in [-0.1, -0.05) is 0 Å². The SMILES string of the molecule is O[C@H]1CC[C@H](NCCCOc2ccc(-c3nc4ccc(OCCCN[C@H]5CC[C@H](O)CC5)cc4o3)cc2)CC1. The van der Waals surface area contributed by atoms with E-state index in [1.807, 2.05) is 42.5 Å². The third-order valence-electron chi connectivity index (χ3n) is 7.90. The van der Waals surface area contributed by atoms with Crippen molar-refractivity contribution in [3.63, 3.8) is 0 Å². The fraction of sp³-hybridized carbons (Fsp3) is 0.581. The first-order valence-corrected chi connectivity index (χ1v) is 14.7. The smallest absolute Gasteiger partial charge is 0.227 e. The summed E-state index contributed by atoms with van der Waals surface area (Å²) in [6.45, 7) is 3.14. The number of fused-ring (bicyclic) bond motifs is 1. The van der Waals surface area contributed by atoms with Crippen LogP contribution in [-0.4, -0.2) is 65.8 Å². The first-order chi connectivity index (χ1) is 19.1. The predicted octanol–water partition coefficient (Wildman–Crippen LogP) is 4.82. The van der Waals surface area contributed by atoms with Gasteiger partial charge in [0.15, 0.2) is 5.58 Å². The largest absolute Gasteiger partial charge is 0.494 e. The van der Waals surface area contributed by atoms with Gasteiger partial charge in [0, 0.05) is 23.7 Å². The van der Waals surface area contributed by atoms with E-state index in [1.165, 1.54) is 0 Å². The highest BCUT2D eigenvalue weighted by molar-refractivity contribution is 5.77. The maximum absolute atomic E-state index is 9.62. The Labute approximate surface area is 231 Å². The Morgan fingerprint density at radius 3 is 1.85 bits per heavy atom. The monoisotopic (exact) mass is 537 g/mol. The van der Waals surface area contributed by atoms with Crippen molar-refractivity contribution in [2.75, 3.05) is 26.3 Å². The molecule has 0 radical (unpaired) electrons. The number of rotatable bonds is 13. The number of aliphatic hydroxyl groups is 2. The van der Waals surface area contributed by atoms with Gasteiger partial charge < -0.3 is 34.7 Å². The number of nitrogens with zero attached hydrogens (tertiary/aromatic N) is 1. The van der Waals surface area contributed by atoms with Gasteiger partial charge in [0.2, 0.25) is 5.89 Å². The number of oxazole rings is 1. The lowest BCUT2D eigenvalue weighted by Gasteiger charge is -2.26. The van der Waals surface area contributed by atoms with Crippen LogP contribution in [0.1, 0.15) is 64.2 Å². The van der Waals surface area contributed by atoms with E-state index in [2.05, 4.69) is 15.6 Å². The molecule has 2 saturated carbocycles. The lowest BCUT2D eigenvalue weighted by Crippen LogP contribution is -2.35. The second-order valence-corrected chi connectivity index (χ2v) is 11.0. The summed E-state index contributed by atoms with van der Waals surface area (Å²) >= 11 is 0. The first-order valence-electron chi connectivity index (χ1n) is 14.7. The van der Waals surface area contributed by atoms with E-state index in [0.717, 1.165) is 99.9 Å². The lowest BCUT2D eigenvalue weighted by molar-refractivity contribution is 0.116. The molecule has 0 saturated heterocycles. The second kappa shape index (κ2) is 14.1. The quantitative estimate of drug-likeness (QED) is 0.230. The molecule has 0 bridgehead atoms. The number of aliphatic hydroxyl groups excluding tert-OH is 2. The lowest BCUT2D eigenvalue weighted by atomic mass is 9.93. The van der Waals surface area contributed by atoms with Crippen LogP contribution in [0.3, 0.4) is 0 Å². The van der Waals surface area contributed by atoms with Crippen LogP contribution in [0.2, 0.25) is 0 Å². The van der Waals surface area contributed by atoms with Crippen molar-refractivity contribution in [3.05, 3.63) is 42.5 Å². The molecule has 8 heteroatoms. The van der Waals surface area contributed by atoms with E-state index in [0.29, 0.717) is 36.8 Å². The highest BCUT2D eigenvalue weighted by Crippen LogP contribution is 2.28. The molecule has 1 aromatic heterocycles. The number of hydrogen-bond acceptors (Lipinski definition) is 8. The van der Waals surface area contributed by atoms with E-state index in [9.17, 15) is 10.2 Å². The van der Waals surface area contributed by atoms with Crippen LogP contribution in [0.4, 0.5) is 0 Å². The van der Waals surface area contributed by atoms with Crippen molar-refractivity contribution >= 4 is 11.1 Å². The van der Waals surface area contributed by atoms with Gasteiger partial charge >= 0.3 is 0 Å². The molecule has 2 aromatic carbocycles. The van der Waals surface area contributed by atoms with Gasteiger partial charge in [0.05, 0.1) is 25.4 Å². The molecule has 0 spiro atoms. The Balaban J connectivity index is 1.02. The van der Waals surface area contributed by atoms with E-state index in [1.54, 1.807) is 0 Å². The molecule has 2 aliphatic rings. The summed E-state index contributed by atoms with van der Waals surface area (Å²) in [5.41, 5.74) is 2.42. The fourth-order valence-electron chi connectivity index (χ4n) is 5.51. The van der Waals surface area contributed by atoms with Gasteiger partial charge in [0.1, 0.15) is 17.0 Å². The summed E-state index contributed by atoms with van der Waals surface area (Å²) in [6, 6.07) is 14.7. The molecule has 8 nitrogen and oxygen atoms in total. The standard InChI is InChI=1S/C31H43N3O5/c35-25-9-5-23(6-10-25)32-17-1-19-37-27-13-3-22(4-14-27)31-34-29-16-15-28(21-30(29)39-31)38-20-2-18-33-24-7-11-26(36)12-8-24/h3-4,13-16,21,23-26,32-33,35-36H,1-2,5-12,17-20H2/t23-,24-,25-,26-. The Morgan fingerprint density at radius 2 is 1.26 bits per heavy atom. The van der Waals surface area contributed by atoms with Gasteiger partial charge in [0.25, 0.3) is 0 Å². The van der Waals surface area contributed by atoms with E-state index < -0.39 is 0 Å². The number of hydrogen-bond donors (Lipinski definition) is 4. The Morgan fingerprint density at radius 1 is 0.718 bits per heavy atom. The normalized spacial score (nSPS) is 23.6. The van der Waals surface area contributed by atoms with E-state index in [4.69, 9.17) is 13.9 Å². The van der Waals surface area contributed by atoms with Crippen molar-refractivity contribution in [2.24, 2.45) is 0 Å². The van der Waals surface area contributed by atoms with Crippen LogP contribution < -0.4 is 20.1 Å². The van der Waals surface area contributed by atoms with Crippen LogP contribution in [-0.2, 0) is 0 Å². The number of nitrogens with one attached hydrogen (secondary N) is 2. The second-order valence-electron chi connectivity index (χ2n) is 11.0. The topological polar surface area (TPSA) is 109 Å². The molecule has 2 fully saturated rings. The molecular weight excluding hydrogens is 494 g/mol. The zero-order valence-corrected chi connectivity index (χ0v) is 22.8. The Hall–Kier alpha value is -2.65. The van der Waals surface area contributed by atoms with E-state index >= 15 is 0 Å². The highest BCUT2D eigenvalue weighted by atomic mass is 16.5. The molecule has 0 aliphatic heterocycles. The minimum absolute atomic E-state index is 0.109. The average Bonchev–Trinajstić information content (AvgIpc) is 3.39. The van der Waals surface area contributed by atoms with Crippen molar-refractivity contribution in [1.82, 2.24) is 15.6 Å². The van der Waals surface area contributed by atoms with Crippen LogP contribution in [0.5, 0.6) is 11.5 Å². The van der Waals surface area contributed by atoms with Gasteiger partial charge in [-0.05, 0) is 114 Å². The van der Waals surface area contributed by atoms with Crippen molar-refractivity contribution in [1.29, 1.82) is 0 Å². The average molecular weight is 538 g/mol. The van der Waals surface area contributed by atoms with Crippen molar-refractivity contribution < 1.29 is 24.1 Å². The van der Waals surface area contributed by atoms with Gasteiger partial charge in [-0.3, -0.25) is 0 Å². The minimum Gasteiger partial charge on any atom is -0.494 e. The van der Waals surface area contributed by atoms with Gasteiger partial charge in [-0.2, -0.15) is 0 Å². The third-order valence-corrected chi connectivity index (χ3v) is 7.90. The number of aromatic nitrogens is 1. The minimum atomic E-state index is -0.113. The van der Waals surface area contributed by atoms with E-state index in [-0.39, 0.29) is 12.2 Å². The Kier molecular flexibility index (Phi) is 10.1. The predicted molar refractivity (Wildman–Crippen MR) is 152 cm³/mol. The summed E-state index contributed by atoms with van der Waals surface area (Å²) < 4.78 is 17.9. The van der Waals surface area contributed by atoms with Crippen LogP contribution in [0, 0.1) is 0 Å².